The number of aliphatic hydroxyl groups is 1. The fourth-order valence-corrected chi connectivity index (χ4v) is 3.39. The van der Waals surface area contributed by atoms with Crippen LogP contribution in [0.2, 0.25) is 0 Å². The predicted molar refractivity (Wildman–Crippen MR) is 132 cm³/mol. The summed E-state index contributed by atoms with van der Waals surface area (Å²) >= 11 is 0. The van der Waals surface area contributed by atoms with Crippen molar-refractivity contribution in [3.8, 4) is 5.75 Å². The lowest BCUT2D eigenvalue weighted by Crippen LogP contribution is -2.55. The number of hydrogen-bond acceptors (Lipinski definition) is 8. The second-order valence-corrected chi connectivity index (χ2v) is 9.43. The number of carbonyl (C=O) groups excluding carboxylic acids is 4. The van der Waals surface area contributed by atoms with Crippen molar-refractivity contribution in [3.63, 3.8) is 0 Å². The van der Waals surface area contributed by atoms with E-state index >= 15 is 0 Å². The van der Waals surface area contributed by atoms with Gasteiger partial charge in [0, 0.05) is 18.7 Å². The summed E-state index contributed by atoms with van der Waals surface area (Å²) in [6.45, 7) is 9.55. The van der Waals surface area contributed by atoms with Gasteiger partial charge in [-0.15, -0.1) is 0 Å². The molecule has 4 N–H and O–H groups in total. The Balaban J connectivity index is 3.32. The Morgan fingerprint density at radius 2 is 1.75 bits per heavy atom. The largest absolute Gasteiger partial charge is 0.508 e. The summed E-state index contributed by atoms with van der Waals surface area (Å²) < 4.78 is 10.1. The Bertz CT molecular complexity index is 898. The van der Waals surface area contributed by atoms with Crippen LogP contribution in [0.15, 0.2) is 24.3 Å². The SMILES string of the molecule is CCOC(=O)CCNC(=O)C(c1ccccc1O)N(CCO)C(=O)C(NC(=O)OC(C)(C)C)C(C)C. The molecule has 0 saturated carbocycles. The Hall–Kier alpha value is -3.34. The molecule has 0 aromatic heterocycles. The van der Waals surface area contributed by atoms with Crippen molar-refractivity contribution in [2.45, 2.75) is 65.6 Å². The minimum absolute atomic E-state index is 0.0628. The summed E-state index contributed by atoms with van der Waals surface area (Å²) in [6.07, 6.45) is -0.896. The number of rotatable bonds is 12. The van der Waals surface area contributed by atoms with Crippen molar-refractivity contribution in [2.75, 3.05) is 26.3 Å². The predicted octanol–water partition coefficient (Wildman–Crippen LogP) is 1.87. The summed E-state index contributed by atoms with van der Waals surface area (Å²) in [5.41, 5.74) is -0.677. The van der Waals surface area contributed by atoms with Gasteiger partial charge in [0.1, 0.15) is 23.4 Å². The van der Waals surface area contributed by atoms with Gasteiger partial charge in [-0.1, -0.05) is 32.0 Å². The van der Waals surface area contributed by atoms with Crippen LogP contribution in [-0.2, 0) is 23.9 Å². The van der Waals surface area contributed by atoms with Gasteiger partial charge in [-0.2, -0.15) is 0 Å². The lowest BCUT2D eigenvalue weighted by Gasteiger charge is -2.35. The Morgan fingerprint density at radius 3 is 2.28 bits per heavy atom. The van der Waals surface area contributed by atoms with Crippen LogP contribution in [0.4, 0.5) is 4.79 Å². The van der Waals surface area contributed by atoms with Crippen LogP contribution in [-0.4, -0.2) is 76.9 Å². The molecule has 0 saturated heterocycles. The molecule has 1 aromatic rings. The van der Waals surface area contributed by atoms with Crippen molar-refractivity contribution >= 4 is 23.9 Å². The number of para-hydroxylation sites is 1. The molecule has 36 heavy (non-hydrogen) atoms. The number of ether oxygens (including phenoxy) is 2. The second-order valence-electron chi connectivity index (χ2n) is 9.43. The molecule has 11 heteroatoms. The number of phenolic OH excluding ortho intramolecular Hbond substituents is 1. The van der Waals surface area contributed by atoms with Gasteiger partial charge < -0.3 is 35.2 Å². The van der Waals surface area contributed by atoms with Gasteiger partial charge in [-0.05, 0) is 39.7 Å². The maximum atomic E-state index is 13.7. The fourth-order valence-electron chi connectivity index (χ4n) is 3.39. The number of carbonyl (C=O) groups is 4. The molecule has 0 spiro atoms. The lowest BCUT2D eigenvalue weighted by atomic mass is 9.98. The third-order valence-electron chi connectivity index (χ3n) is 4.95. The first kappa shape index (κ1) is 30.7. The molecule has 0 fully saturated rings. The van der Waals surface area contributed by atoms with Crippen LogP contribution in [0, 0.1) is 5.92 Å². The molecule has 202 valence electrons. The van der Waals surface area contributed by atoms with Crippen LogP contribution in [0.3, 0.4) is 0 Å². The van der Waals surface area contributed by atoms with E-state index in [1.807, 2.05) is 0 Å². The van der Waals surface area contributed by atoms with Crippen LogP contribution in [0.5, 0.6) is 5.75 Å². The normalized spacial score (nSPS) is 12.9. The number of nitrogens with one attached hydrogen (secondary N) is 2. The van der Waals surface area contributed by atoms with Crippen LogP contribution in [0.25, 0.3) is 0 Å². The van der Waals surface area contributed by atoms with E-state index in [9.17, 15) is 29.4 Å². The number of benzene rings is 1. The third kappa shape index (κ3) is 9.73. The molecule has 2 atom stereocenters. The summed E-state index contributed by atoms with van der Waals surface area (Å²) in [7, 11) is 0. The number of aliphatic hydroxyl groups excluding tert-OH is 1. The monoisotopic (exact) mass is 509 g/mol. The van der Waals surface area contributed by atoms with Crippen molar-refractivity contribution < 1.29 is 38.9 Å². The maximum Gasteiger partial charge on any atom is 0.408 e. The summed E-state index contributed by atoms with van der Waals surface area (Å²) in [6, 6.07) is 3.56. The van der Waals surface area contributed by atoms with Gasteiger partial charge in [0.25, 0.3) is 0 Å². The van der Waals surface area contributed by atoms with Gasteiger partial charge in [-0.3, -0.25) is 14.4 Å². The first-order valence-electron chi connectivity index (χ1n) is 11.9. The standard InChI is InChI=1S/C25H39N3O8/c1-7-35-19(31)12-13-26-22(32)21(17-10-8-9-11-18(17)30)28(14-15-29)23(33)20(16(2)3)27-24(34)36-25(4,5)6/h8-11,16,20-21,29-30H,7,12-15H2,1-6H3,(H,26,32)(H,27,34). The van der Waals surface area contributed by atoms with Gasteiger partial charge >= 0.3 is 12.1 Å². The molecule has 3 amide bonds. The van der Waals surface area contributed by atoms with E-state index < -0.39 is 54.1 Å². The summed E-state index contributed by atoms with van der Waals surface area (Å²) in [4.78, 5) is 52.2. The zero-order valence-corrected chi connectivity index (χ0v) is 21.9. The quantitative estimate of drug-likeness (QED) is 0.311. The Labute approximate surface area is 212 Å². The van der Waals surface area contributed by atoms with Crippen molar-refractivity contribution in [3.05, 3.63) is 29.8 Å². The molecular formula is C25H39N3O8. The third-order valence-corrected chi connectivity index (χ3v) is 4.95. The first-order chi connectivity index (χ1) is 16.8. The fraction of sp³-hybridized carbons (Fsp3) is 0.600. The highest BCUT2D eigenvalue weighted by molar-refractivity contribution is 5.92. The average Bonchev–Trinajstić information content (AvgIpc) is 2.76. The van der Waals surface area contributed by atoms with E-state index in [2.05, 4.69) is 10.6 Å². The first-order valence-corrected chi connectivity index (χ1v) is 11.9. The van der Waals surface area contributed by atoms with Crippen LogP contribution in [0.1, 0.15) is 59.6 Å². The molecule has 0 heterocycles. The van der Waals surface area contributed by atoms with Crippen molar-refractivity contribution in [1.82, 2.24) is 15.5 Å². The van der Waals surface area contributed by atoms with E-state index in [0.717, 1.165) is 4.90 Å². The van der Waals surface area contributed by atoms with E-state index in [0.29, 0.717) is 0 Å². The number of amides is 3. The number of phenols is 1. The molecule has 0 bridgehead atoms. The highest BCUT2D eigenvalue weighted by Crippen LogP contribution is 2.30. The van der Waals surface area contributed by atoms with E-state index in [4.69, 9.17) is 9.47 Å². The minimum Gasteiger partial charge on any atom is -0.508 e. The zero-order valence-electron chi connectivity index (χ0n) is 21.9. The highest BCUT2D eigenvalue weighted by atomic mass is 16.6. The van der Waals surface area contributed by atoms with Gasteiger partial charge in [0.2, 0.25) is 11.8 Å². The molecule has 11 nitrogen and oxygen atoms in total. The van der Waals surface area contributed by atoms with Gasteiger partial charge in [0.05, 0.1) is 19.6 Å². The number of aromatic hydroxyl groups is 1. The number of esters is 1. The van der Waals surface area contributed by atoms with Crippen molar-refractivity contribution in [1.29, 1.82) is 0 Å². The van der Waals surface area contributed by atoms with Crippen molar-refractivity contribution in [2.24, 2.45) is 5.92 Å². The Morgan fingerprint density at radius 1 is 1.11 bits per heavy atom. The number of hydrogen-bond donors (Lipinski definition) is 4. The van der Waals surface area contributed by atoms with E-state index in [1.165, 1.54) is 12.1 Å². The number of alkyl carbamates (subject to hydrolysis) is 1. The average molecular weight is 510 g/mol. The Kier molecular flexibility index (Phi) is 12.2. The minimum atomic E-state index is -1.35. The van der Waals surface area contributed by atoms with Crippen LogP contribution >= 0.6 is 0 Å². The second kappa shape index (κ2) is 14.3. The highest BCUT2D eigenvalue weighted by Gasteiger charge is 2.38. The molecule has 1 aromatic carbocycles. The number of nitrogens with zero attached hydrogens (tertiary/aromatic N) is 1. The van der Waals surface area contributed by atoms with Crippen LogP contribution < -0.4 is 10.6 Å². The topological polar surface area (TPSA) is 154 Å². The zero-order chi connectivity index (χ0) is 27.5. The molecule has 0 radical (unpaired) electrons. The lowest BCUT2D eigenvalue weighted by molar-refractivity contribution is -0.145. The smallest absolute Gasteiger partial charge is 0.408 e. The molecule has 0 aliphatic carbocycles. The molecular weight excluding hydrogens is 470 g/mol. The van der Waals surface area contributed by atoms with Gasteiger partial charge in [-0.25, -0.2) is 4.79 Å². The summed E-state index contributed by atoms with van der Waals surface area (Å²) in [5.74, 6) is -2.47. The maximum absolute atomic E-state index is 13.7. The molecule has 0 aliphatic heterocycles. The van der Waals surface area contributed by atoms with Gasteiger partial charge in [0.15, 0.2) is 0 Å². The molecule has 2 unspecified atom stereocenters. The van der Waals surface area contributed by atoms with E-state index in [-0.39, 0.29) is 37.4 Å². The molecule has 0 aliphatic rings. The molecule has 1 rings (SSSR count). The van der Waals surface area contributed by atoms with E-state index in [1.54, 1.807) is 53.7 Å². The summed E-state index contributed by atoms with van der Waals surface area (Å²) in [5, 5.41) is 25.4.